The van der Waals surface area contributed by atoms with Crippen molar-refractivity contribution in [2.75, 3.05) is 20.8 Å². The highest BCUT2D eigenvalue weighted by Gasteiger charge is 2.23. The Kier molecular flexibility index (Phi) is 4.99. The van der Waals surface area contributed by atoms with Crippen LogP contribution < -0.4 is 14.6 Å². The Hall–Kier alpha value is -2.09. The number of ether oxygens (including phenoxy) is 2. The summed E-state index contributed by atoms with van der Waals surface area (Å²) in [7, 11) is -0.691. The molecule has 0 fully saturated rings. The van der Waals surface area contributed by atoms with Crippen molar-refractivity contribution in [3.8, 4) is 11.5 Å². The monoisotopic (exact) mass is 362 g/mol. The minimum absolute atomic E-state index is 0.0509. The van der Waals surface area contributed by atoms with Crippen molar-refractivity contribution in [2.24, 2.45) is 5.14 Å². The summed E-state index contributed by atoms with van der Waals surface area (Å²) in [5.41, 5.74) is 3.25. The van der Waals surface area contributed by atoms with E-state index in [1.165, 1.54) is 12.7 Å². The average Bonchev–Trinajstić information content (AvgIpc) is 2.59. The van der Waals surface area contributed by atoms with Crippen LogP contribution in [-0.2, 0) is 29.5 Å². The lowest BCUT2D eigenvalue weighted by Gasteiger charge is -2.29. The van der Waals surface area contributed by atoms with Gasteiger partial charge in [-0.15, -0.1) is 0 Å². The second-order valence-corrected chi connectivity index (χ2v) is 7.66. The molecule has 0 radical (unpaired) electrons. The van der Waals surface area contributed by atoms with Crippen molar-refractivity contribution in [1.29, 1.82) is 0 Å². The summed E-state index contributed by atoms with van der Waals surface area (Å²) in [6.07, 6.45) is 0.770. The molecule has 0 bridgehead atoms. The second-order valence-electron chi connectivity index (χ2n) is 6.13. The Morgan fingerprint density at radius 1 is 1.12 bits per heavy atom. The van der Waals surface area contributed by atoms with Gasteiger partial charge < -0.3 is 9.47 Å². The number of hydrogen-bond donors (Lipinski definition) is 1. The molecule has 3 rings (SSSR count). The molecule has 2 aromatic rings. The second kappa shape index (κ2) is 7.03. The minimum atomic E-state index is -3.80. The molecular weight excluding hydrogens is 340 g/mol. The summed E-state index contributed by atoms with van der Waals surface area (Å²) in [6, 6.07) is 11.4. The predicted molar refractivity (Wildman–Crippen MR) is 95.2 cm³/mol. The molecule has 0 atom stereocenters. The van der Waals surface area contributed by atoms with Gasteiger partial charge in [-0.25, -0.2) is 13.6 Å². The van der Waals surface area contributed by atoms with E-state index in [0.29, 0.717) is 5.75 Å². The van der Waals surface area contributed by atoms with Crippen LogP contribution in [0.1, 0.15) is 16.7 Å². The Balaban J connectivity index is 1.83. The fraction of sp³-hybridized carbons (Fsp3) is 0.333. The molecule has 6 nitrogen and oxygen atoms in total. The van der Waals surface area contributed by atoms with E-state index >= 15 is 0 Å². The Morgan fingerprint density at radius 3 is 2.60 bits per heavy atom. The van der Waals surface area contributed by atoms with Crippen LogP contribution in [0.15, 0.2) is 41.3 Å². The van der Waals surface area contributed by atoms with Crippen molar-refractivity contribution < 1.29 is 17.9 Å². The first-order valence-corrected chi connectivity index (χ1v) is 9.53. The highest BCUT2D eigenvalue weighted by molar-refractivity contribution is 7.89. The Bertz CT molecular complexity index is 881. The number of nitrogens with two attached hydrogens (primary N) is 1. The molecule has 0 saturated heterocycles. The molecule has 0 spiro atoms. The van der Waals surface area contributed by atoms with Gasteiger partial charge in [0, 0.05) is 19.6 Å². The van der Waals surface area contributed by atoms with Crippen LogP contribution in [0.5, 0.6) is 11.5 Å². The van der Waals surface area contributed by atoms with Crippen molar-refractivity contribution in [3.05, 3.63) is 53.1 Å². The van der Waals surface area contributed by atoms with E-state index in [1.54, 1.807) is 19.2 Å². The summed E-state index contributed by atoms with van der Waals surface area (Å²) in [5.74, 6) is 1.14. The molecule has 25 heavy (non-hydrogen) atoms. The predicted octanol–water partition coefficient (Wildman–Crippen LogP) is 1.91. The van der Waals surface area contributed by atoms with Crippen molar-refractivity contribution >= 4 is 10.0 Å². The standard InChI is InChI=1S/C18H22N2O4S/c1-23-16-5-3-4-13(8-16)11-20-7-6-14-10-18(25(19,21)22)17(24-2)9-15(14)12-20/h3-5,8-10H,6-7,11-12H2,1-2H3,(H2,19,21,22). The number of methoxy groups -OCH3 is 2. The maximum atomic E-state index is 11.7. The summed E-state index contributed by atoms with van der Waals surface area (Å²) >= 11 is 0. The lowest BCUT2D eigenvalue weighted by Crippen LogP contribution is -2.30. The molecule has 2 aromatic carbocycles. The quantitative estimate of drug-likeness (QED) is 0.879. The van der Waals surface area contributed by atoms with Gasteiger partial charge in [0.25, 0.3) is 0 Å². The molecule has 134 valence electrons. The van der Waals surface area contributed by atoms with Crippen molar-refractivity contribution in [2.45, 2.75) is 24.4 Å². The first-order valence-electron chi connectivity index (χ1n) is 7.98. The summed E-state index contributed by atoms with van der Waals surface area (Å²) in [4.78, 5) is 2.36. The van der Waals surface area contributed by atoms with Gasteiger partial charge in [-0.1, -0.05) is 12.1 Å². The lowest BCUT2D eigenvalue weighted by atomic mass is 9.99. The number of sulfonamides is 1. The van der Waals surface area contributed by atoms with Gasteiger partial charge in [-0.2, -0.15) is 0 Å². The molecule has 0 aliphatic carbocycles. The first kappa shape index (κ1) is 17.7. The van der Waals surface area contributed by atoms with E-state index in [0.717, 1.165) is 42.9 Å². The molecule has 0 saturated carbocycles. The molecular formula is C18H22N2O4S. The smallest absolute Gasteiger partial charge is 0.241 e. The zero-order valence-electron chi connectivity index (χ0n) is 14.4. The molecule has 0 aromatic heterocycles. The van der Waals surface area contributed by atoms with Crippen LogP contribution in [0.25, 0.3) is 0 Å². The summed E-state index contributed by atoms with van der Waals surface area (Å²) in [6.45, 7) is 2.38. The maximum absolute atomic E-state index is 11.7. The third-order valence-electron chi connectivity index (χ3n) is 4.42. The van der Waals surface area contributed by atoms with Crippen LogP contribution in [0.2, 0.25) is 0 Å². The van der Waals surface area contributed by atoms with E-state index in [4.69, 9.17) is 14.6 Å². The normalized spacial score (nSPS) is 14.8. The Morgan fingerprint density at radius 2 is 1.92 bits per heavy atom. The molecule has 1 aliphatic rings. The molecule has 1 heterocycles. The van der Waals surface area contributed by atoms with Crippen LogP contribution in [0.4, 0.5) is 0 Å². The highest BCUT2D eigenvalue weighted by atomic mass is 32.2. The van der Waals surface area contributed by atoms with E-state index < -0.39 is 10.0 Å². The molecule has 7 heteroatoms. The van der Waals surface area contributed by atoms with E-state index in [2.05, 4.69) is 11.0 Å². The van der Waals surface area contributed by atoms with Gasteiger partial charge in [0.1, 0.15) is 16.4 Å². The zero-order valence-corrected chi connectivity index (χ0v) is 15.2. The molecule has 0 unspecified atom stereocenters. The summed E-state index contributed by atoms with van der Waals surface area (Å²) in [5, 5.41) is 5.29. The van der Waals surface area contributed by atoms with Crippen LogP contribution >= 0.6 is 0 Å². The fourth-order valence-corrected chi connectivity index (χ4v) is 3.90. The molecule has 2 N–H and O–H groups in total. The maximum Gasteiger partial charge on any atom is 0.241 e. The summed E-state index contributed by atoms with van der Waals surface area (Å²) < 4.78 is 34.0. The van der Waals surface area contributed by atoms with Gasteiger partial charge in [0.15, 0.2) is 0 Å². The largest absolute Gasteiger partial charge is 0.497 e. The number of nitrogens with zero attached hydrogens (tertiary/aromatic N) is 1. The Labute approximate surface area is 148 Å². The highest BCUT2D eigenvalue weighted by Crippen LogP contribution is 2.31. The van der Waals surface area contributed by atoms with Crippen molar-refractivity contribution in [3.63, 3.8) is 0 Å². The third kappa shape index (κ3) is 3.95. The van der Waals surface area contributed by atoms with E-state index in [1.807, 2.05) is 18.2 Å². The third-order valence-corrected chi connectivity index (χ3v) is 5.36. The van der Waals surface area contributed by atoms with Gasteiger partial charge in [0.05, 0.1) is 14.2 Å². The molecule has 1 aliphatic heterocycles. The van der Waals surface area contributed by atoms with E-state index in [-0.39, 0.29) is 4.90 Å². The van der Waals surface area contributed by atoms with Crippen LogP contribution in [0, 0.1) is 0 Å². The first-order chi connectivity index (χ1) is 11.9. The number of fused-ring (bicyclic) bond motifs is 1. The number of hydrogen-bond acceptors (Lipinski definition) is 5. The average molecular weight is 362 g/mol. The van der Waals surface area contributed by atoms with Gasteiger partial charge >= 0.3 is 0 Å². The van der Waals surface area contributed by atoms with Crippen LogP contribution in [0.3, 0.4) is 0 Å². The minimum Gasteiger partial charge on any atom is -0.497 e. The fourth-order valence-electron chi connectivity index (χ4n) is 3.17. The molecule has 0 amide bonds. The van der Waals surface area contributed by atoms with Crippen LogP contribution in [-0.4, -0.2) is 34.1 Å². The number of rotatable bonds is 5. The van der Waals surface area contributed by atoms with Gasteiger partial charge in [-0.05, 0) is 47.4 Å². The topological polar surface area (TPSA) is 81.9 Å². The van der Waals surface area contributed by atoms with Gasteiger partial charge in [0.2, 0.25) is 10.0 Å². The SMILES string of the molecule is COc1cccc(CN2CCc3cc(S(N)(=O)=O)c(OC)cc3C2)c1. The zero-order chi connectivity index (χ0) is 18.0. The lowest BCUT2D eigenvalue weighted by molar-refractivity contribution is 0.244. The van der Waals surface area contributed by atoms with Crippen molar-refractivity contribution in [1.82, 2.24) is 4.90 Å². The van der Waals surface area contributed by atoms with E-state index in [9.17, 15) is 8.42 Å². The number of benzene rings is 2. The van der Waals surface area contributed by atoms with Gasteiger partial charge in [-0.3, -0.25) is 4.90 Å². The number of primary sulfonamides is 1.